The molecule has 7 nitrogen and oxygen atoms in total. The number of ether oxygens (including phenoxy) is 1. The summed E-state index contributed by atoms with van der Waals surface area (Å²) in [7, 11) is -3.65. The Balaban J connectivity index is 2.75. The lowest BCUT2D eigenvalue weighted by molar-refractivity contribution is -0.125. The SMILES string of the molecule is C=CCOC(=O)NC(C)(CCC)C(=O)NS(=O)(=O)C1CC1. The largest absolute Gasteiger partial charge is 0.445 e. The predicted molar refractivity (Wildman–Crippen MR) is 78.1 cm³/mol. The number of nitrogens with one attached hydrogen (secondary N) is 2. The number of amides is 2. The van der Waals surface area contributed by atoms with Crippen LogP contribution >= 0.6 is 0 Å². The minimum absolute atomic E-state index is 0.00995. The molecule has 1 fully saturated rings. The third kappa shape index (κ3) is 5.04. The number of hydrogen-bond donors (Lipinski definition) is 2. The molecular formula is C13H22N2O5S. The van der Waals surface area contributed by atoms with E-state index in [1.54, 1.807) is 0 Å². The number of carbonyl (C=O) groups excluding carboxylic acids is 2. The van der Waals surface area contributed by atoms with Crippen LogP contribution in [0.2, 0.25) is 0 Å². The molecule has 2 N–H and O–H groups in total. The second kappa shape index (κ2) is 6.93. The van der Waals surface area contributed by atoms with Crippen LogP contribution < -0.4 is 10.0 Å². The number of carbonyl (C=O) groups is 2. The van der Waals surface area contributed by atoms with Crippen LogP contribution in [0, 0.1) is 0 Å². The topological polar surface area (TPSA) is 102 Å². The average Bonchev–Trinajstić information content (AvgIpc) is 3.20. The van der Waals surface area contributed by atoms with Crippen molar-refractivity contribution in [3.8, 4) is 0 Å². The second-order valence-electron chi connectivity index (χ2n) is 5.27. The van der Waals surface area contributed by atoms with E-state index in [-0.39, 0.29) is 6.61 Å². The van der Waals surface area contributed by atoms with Crippen LogP contribution in [0.15, 0.2) is 12.7 Å². The van der Waals surface area contributed by atoms with E-state index >= 15 is 0 Å². The van der Waals surface area contributed by atoms with Gasteiger partial charge >= 0.3 is 6.09 Å². The van der Waals surface area contributed by atoms with Crippen molar-refractivity contribution in [2.75, 3.05) is 6.61 Å². The lowest BCUT2D eigenvalue weighted by atomic mass is 9.96. The molecule has 0 saturated heterocycles. The van der Waals surface area contributed by atoms with Crippen LogP contribution in [-0.4, -0.2) is 37.8 Å². The van der Waals surface area contributed by atoms with Crippen molar-refractivity contribution < 1.29 is 22.7 Å². The molecule has 21 heavy (non-hydrogen) atoms. The van der Waals surface area contributed by atoms with Gasteiger partial charge in [0.05, 0.1) is 5.25 Å². The molecular weight excluding hydrogens is 296 g/mol. The molecule has 1 saturated carbocycles. The van der Waals surface area contributed by atoms with E-state index < -0.39 is 32.8 Å². The van der Waals surface area contributed by atoms with Crippen molar-refractivity contribution >= 4 is 22.0 Å². The minimum atomic E-state index is -3.65. The van der Waals surface area contributed by atoms with Gasteiger partial charge in [0.15, 0.2) is 0 Å². The average molecular weight is 318 g/mol. The molecule has 1 unspecified atom stereocenters. The van der Waals surface area contributed by atoms with Gasteiger partial charge in [0.25, 0.3) is 5.91 Å². The smallest absolute Gasteiger partial charge is 0.408 e. The van der Waals surface area contributed by atoms with Crippen molar-refractivity contribution in [3.63, 3.8) is 0 Å². The van der Waals surface area contributed by atoms with Crippen molar-refractivity contribution in [3.05, 3.63) is 12.7 Å². The Morgan fingerprint density at radius 3 is 2.52 bits per heavy atom. The van der Waals surface area contributed by atoms with Gasteiger partial charge in [-0.1, -0.05) is 26.0 Å². The van der Waals surface area contributed by atoms with Gasteiger partial charge < -0.3 is 10.1 Å². The van der Waals surface area contributed by atoms with Crippen LogP contribution in [0.1, 0.15) is 39.5 Å². The predicted octanol–water partition coefficient (Wildman–Crippen LogP) is 1.07. The summed E-state index contributed by atoms with van der Waals surface area (Å²) in [5, 5.41) is 1.93. The second-order valence-corrected chi connectivity index (χ2v) is 7.23. The van der Waals surface area contributed by atoms with Gasteiger partial charge in [0.2, 0.25) is 10.0 Å². The molecule has 0 aromatic carbocycles. The molecule has 1 rings (SSSR count). The fourth-order valence-corrected chi connectivity index (χ4v) is 3.24. The summed E-state index contributed by atoms with van der Waals surface area (Å²) in [4.78, 5) is 23.8. The van der Waals surface area contributed by atoms with E-state index in [0.29, 0.717) is 25.7 Å². The third-order valence-electron chi connectivity index (χ3n) is 3.16. The number of alkyl carbamates (subject to hydrolysis) is 1. The normalized spacial score (nSPS) is 17.4. The van der Waals surface area contributed by atoms with Crippen LogP contribution in [0.5, 0.6) is 0 Å². The summed E-state index contributed by atoms with van der Waals surface area (Å²) in [6.45, 7) is 6.73. The molecule has 120 valence electrons. The highest BCUT2D eigenvalue weighted by Gasteiger charge is 2.42. The van der Waals surface area contributed by atoms with E-state index in [2.05, 4.69) is 11.9 Å². The lowest BCUT2D eigenvalue weighted by Crippen LogP contribution is -2.58. The summed E-state index contributed by atoms with van der Waals surface area (Å²) < 4.78 is 30.5. The van der Waals surface area contributed by atoms with E-state index in [0.717, 1.165) is 0 Å². The van der Waals surface area contributed by atoms with Crippen molar-refractivity contribution in [1.29, 1.82) is 0 Å². The van der Waals surface area contributed by atoms with Gasteiger partial charge in [0.1, 0.15) is 12.1 Å². The molecule has 1 aliphatic carbocycles. The standard InChI is InChI=1S/C13H22N2O5S/c1-4-8-13(3,14-12(17)20-9-5-2)11(16)15-21(18,19)10-6-7-10/h5,10H,2,4,6-9H2,1,3H3,(H,14,17)(H,15,16). The number of sulfonamides is 1. The van der Waals surface area contributed by atoms with Crippen molar-refractivity contribution in [2.45, 2.75) is 50.3 Å². The first-order valence-electron chi connectivity index (χ1n) is 6.87. The van der Waals surface area contributed by atoms with E-state index in [4.69, 9.17) is 4.74 Å². The maximum absolute atomic E-state index is 12.2. The first-order chi connectivity index (χ1) is 9.75. The highest BCUT2D eigenvalue weighted by molar-refractivity contribution is 7.90. The van der Waals surface area contributed by atoms with Crippen LogP contribution in [-0.2, 0) is 19.6 Å². The molecule has 1 atom stereocenters. The molecule has 2 amide bonds. The molecule has 0 spiro atoms. The zero-order valence-corrected chi connectivity index (χ0v) is 13.2. The van der Waals surface area contributed by atoms with Crippen LogP contribution in [0.25, 0.3) is 0 Å². The molecule has 1 aliphatic rings. The van der Waals surface area contributed by atoms with Gasteiger partial charge in [-0.3, -0.25) is 9.52 Å². The molecule has 8 heteroatoms. The number of hydrogen-bond acceptors (Lipinski definition) is 5. The summed E-state index contributed by atoms with van der Waals surface area (Å²) in [6.07, 6.45) is 2.61. The quantitative estimate of drug-likeness (QED) is 0.652. The van der Waals surface area contributed by atoms with Gasteiger partial charge in [-0.05, 0) is 26.2 Å². The Kier molecular flexibility index (Phi) is 5.77. The lowest BCUT2D eigenvalue weighted by Gasteiger charge is -2.28. The molecule has 0 bridgehead atoms. The van der Waals surface area contributed by atoms with E-state index in [1.807, 2.05) is 11.6 Å². The molecule has 0 aromatic heterocycles. The highest BCUT2D eigenvalue weighted by atomic mass is 32.2. The van der Waals surface area contributed by atoms with Gasteiger partial charge in [-0.2, -0.15) is 0 Å². The van der Waals surface area contributed by atoms with Crippen molar-refractivity contribution in [2.24, 2.45) is 0 Å². The van der Waals surface area contributed by atoms with Gasteiger partial charge in [-0.25, -0.2) is 13.2 Å². The maximum atomic E-state index is 12.2. The molecule has 0 aliphatic heterocycles. The fourth-order valence-electron chi connectivity index (χ4n) is 1.83. The van der Waals surface area contributed by atoms with Gasteiger partial charge in [-0.15, -0.1) is 0 Å². The zero-order valence-electron chi connectivity index (χ0n) is 12.3. The number of rotatable bonds is 8. The Morgan fingerprint density at radius 2 is 2.05 bits per heavy atom. The third-order valence-corrected chi connectivity index (χ3v) is 4.98. The Bertz CT molecular complexity index is 513. The molecule has 0 aromatic rings. The summed E-state index contributed by atoms with van der Waals surface area (Å²) >= 11 is 0. The van der Waals surface area contributed by atoms with Crippen LogP contribution in [0.4, 0.5) is 4.79 Å². The molecule has 0 heterocycles. The van der Waals surface area contributed by atoms with Crippen molar-refractivity contribution in [1.82, 2.24) is 10.0 Å². The Morgan fingerprint density at radius 1 is 1.43 bits per heavy atom. The van der Waals surface area contributed by atoms with Gasteiger partial charge in [0, 0.05) is 0 Å². The highest BCUT2D eigenvalue weighted by Crippen LogP contribution is 2.28. The summed E-state index contributed by atoms with van der Waals surface area (Å²) in [5.41, 5.74) is -1.34. The molecule has 0 radical (unpaired) electrons. The van der Waals surface area contributed by atoms with Crippen LogP contribution in [0.3, 0.4) is 0 Å². The zero-order chi connectivity index (χ0) is 16.1. The Hall–Kier alpha value is -1.57. The Labute approximate surface area is 125 Å². The first kappa shape index (κ1) is 17.5. The minimum Gasteiger partial charge on any atom is -0.445 e. The summed E-state index contributed by atoms with van der Waals surface area (Å²) in [6, 6.07) is 0. The van der Waals surface area contributed by atoms with E-state index in [9.17, 15) is 18.0 Å². The monoisotopic (exact) mass is 318 g/mol. The first-order valence-corrected chi connectivity index (χ1v) is 8.41. The fraction of sp³-hybridized carbons (Fsp3) is 0.692. The van der Waals surface area contributed by atoms with E-state index in [1.165, 1.54) is 13.0 Å². The maximum Gasteiger partial charge on any atom is 0.408 e. The summed E-state index contributed by atoms with van der Waals surface area (Å²) in [5.74, 6) is -0.744.